The molecular weight excluding hydrogens is 369 g/mol. The van der Waals surface area contributed by atoms with E-state index in [-0.39, 0.29) is 5.56 Å². The largest absolute Gasteiger partial charge is 0.282 e. The summed E-state index contributed by atoms with van der Waals surface area (Å²) < 4.78 is 3.03. The molecule has 3 heterocycles. The van der Waals surface area contributed by atoms with Crippen LogP contribution in [-0.4, -0.2) is 30.4 Å². The molecule has 0 saturated heterocycles. The highest BCUT2D eigenvalue weighted by Gasteiger charge is 2.13. The van der Waals surface area contributed by atoms with Gasteiger partial charge in [-0.25, -0.2) is 4.98 Å². The number of hydrogen-bond acceptors (Lipinski definition) is 5. The van der Waals surface area contributed by atoms with Crippen LogP contribution in [0.3, 0.4) is 0 Å². The Morgan fingerprint density at radius 2 is 2.04 bits per heavy atom. The number of hydrogen-bond donors (Lipinski definition) is 0. The topological polar surface area (TPSA) is 65.1 Å². The fourth-order valence-corrected chi connectivity index (χ4v) is 3.29. The van der Waals surface area contributed by atoms with Crippen LogP contribution in [-0.2, 0) is 0 Å². The van der Waals surface area contributed by atoms with Crippen molar-refractivity contribution in [3.05, 3.63) is 57.1 Å². The molecular formula is C15H9Cl2N5OS. The average Bonchev–Trinajstić information content (AvgIpc) is 2.99. The van der Waals surface area contributed by atoms with E-state index in [9.17, 15) is 4.79 Å². The molecule has 0 aliphatic carbocycles. The van der Waals surface area contributed by atoms with Crippen LogP contribution in [0.5, 0.6) is 0 Å². The van der Waals surface area contributed by atoms with Crippen molar-refractivity contribution in [2.45, 2.75) is 5.16 Å². The van der Waals surface area contributed by atoms with E-state index in [1.807, 2.05) is 6.26 Å². The third-order valence-electron chi connectivity index (χ3n) is 3.57. The quantitative estimate of drug-likeness (QED) is 0.500. The van der Waals surface area contributed by atoms with Gasteiger partial charge in [0.25, 0.3) is 11.3 Å². The van der Waals surface area contributed by atoms with E-state index in [0.717, 1.165) is 0 Å². The second-order valence-corrected chi connectivity index (χ2v) is 6.57. The van der Waals surface area contributed by atoms with Gasteiger partial charge in [-0.3, -0.25) is 9.36 Å². The monoisotopic (exact) mass is 377 g/mol. The van der Waals surface area contributed by atoms with Gasteiger partial charge in [0.1, 0.15) is 0 Å². The lowest BCUT2D eigenvalue weighted by atomic mass is 10.2. The lowest BCUT2D eigenvalue weighted by Gasteiger charge is -2.09. The van der Waals surface area contributed by atoms with Crippen LogP contribution in [0.2, 0.25) is 10.0 Å². The van der Waals surface area contributed by atoms with Crippen molar-refractivity contribution in [1.29, 1.82) is 0 Å². The summed E-state index contributed by atoms with van der Waals surface area (Å²) in [5.74, 6) is 0.452. The van der Waals surface area contributed by atoms with Crippen LogP contribution in [0, 0.1) is 0 Å². The summed E-state index contributed by atoms with van der Waals surface area (Å²) in [6.45, 7) is 0. The lowest BCUT2D eigenvalue weighted by molar-refractivity contribution is 0.904. The number of benzene rings is 1. The molecule has 0 aliphatic heterocycles. The third-order valence-corrected chi connectivity index (χ3v) is 4.64. The minimum absolute atomic E-state index is 0.243. The van der Waals surface area contributed by atoms with Crippen molar-refractivity contribution in [3.8, 4) is 5.69 Å². The van der Waals surface area contributed by atoms with Crippen molar-refractivity contribution in [3.63, 3.8) is 0 Å². The summed E-state index contributed by atoms with van der Waals surface area (Å²) in [6.07, 6.45) is 5.04. The van der Waals surface area contributed by atoms with Gasteiger partial charge in [-0.15, -0.1) is 5.10 Å². The first-order chi connectivity index (χ1) is 11.6. The normalized spacial score (nSPS) is 11.5. The zero-order valence-corrected chi connectivity index (χ0v) is 14.6. The minimum Gasteiger partial charge on any atom is -0.282 e. The number of fused-ring (bicyclic) bond motifs is 3. The zero-order valence-electron chi connectivity index (χ0n) is 12.3. The molecule has 0 spiro atoms. The Kier molecular flexibility index (Phi) is 3.71. The number of rotatable bonds is 2. The van der Waals surface area contributed by atoms with E-state index in [1.54, 1.807) is 35.0 Å². The van der Waals surface area contributed by atoms with E-state index in [0.29, 0.717) is 37.6 Å². The Balaban J connectivity index is 2.01. The molecule has 0 aliphatic rings. The SMILES string of the molecule is CSc1nc2ncc3c(=O)n(-c4ccc(Cl)cc4Cl)ccc3n2n1. The van der Waals surface area contributed by atoms with Crippen LogP contribution in [0.4, 0.5) is 0 Å². The Bertz CT molecular complexity index is 1150. The smallest absolute Gasteiger partial charge is 0.266 e. The molecule has 9 heteroatoms. The van der Waals surface area contributed by atoms with Gasteiger partial charge in [0.15, 0.2) is 0 Å². The number of thioether (sulfide) groups is 1. The first kappa shape index (κ1) is 15.4. The van der Waals surface area contributed by atoms with Crippen LogP contribution >= 0.6 is 35.0 Å². The molecule has 120 valence electrons. The summed E-state index contributed by atoms with van der Waals surface area (Å²) >= 11 is 13.5. The zero-order chi connectivity index (χ0) is 16.8. The molecule has 1 aromatic carbocycles. The van der Waals surface area contributed by atoms with Crippen LogP contribution < -0.4 is 5.56 Å². The molecule has 0 unspecified atom stereocenters. The van der Waals surface area contributed by atoms with E-state index in [2.05, 4.69) is 15.1 Å². The van der Waals surface area contributed by atoms with Gasteiger partial charge < -0.3 is 0 Å². The molecule has 0 saturated carbocycles. The molecule has 0 bridgehead atoms. The fraction of sp³-hybridized carbons (Fsp3) is 0.0667. The van der Waals surface area contributed by atoms with Crippen molar-refractivity contribution in [1.82, 2.24) is 24.1 Å². The summed E-state index contributed by atoms with van der Waals surface area (Å²) in [5, 5.41) is 6.27. The van der Waals surface area contributed by atoms with Crippen LogP contribution in [0.25, 0.3) is 22.4 Å². The molecule has 0 fully saturated rings. The van der Waals surface area contributed by atoms with E-state index >= 15 is 0 Å². The van der Waals surface area contributed by atoms with E-state index in [1.165, 1.54) is 22.5 Å². The summed E-state index contributed by atoms with van der Waals surface area (Å²) in [7, 11) is 0. The molecule has 4 rings (SSSR count). The highest BCUT2D eigenvalue weighted by molar-refractivity contribution is 7.98. The minimum atomic E-state index is -0.243. The summed E-state index contributed by atoms with van der Waals surface area (Å²) in [6, 6.07) is 6.77. The second kappa shape index (κ2) is 5.77. The highest BCUT2D eigenvalue weighted by atomic mass is 35.5. The maximum absolute atomic E-state index is 12.9. The number of nitrogens with zero attached hydrogens (tertiary/aromatic N) is 5. The Labute approximate surface area is 150 Å². The van der Waals surface area contributed by atoms with Gasteiger partial charge in [0, 0.05) is 17.4 Å². The average molecular weight is 378 g/mol. The molecule has 0 amide bonds. The van der Waals surface area contributed by atoms with E-state index < -0.39 is 0 Å². The lowest BCUT2D eigenvalue weighted by Crippen LogP contribution is -2.19. The predicted molar refractivity (Wildman–Crippen MR) is 95.7 cm³/mol. The van der Waals surface area contributed by atoms with Crippen molar-refractivity contribution >= 4 is 51.6 Å². The molecule has 6 nitrogen and oxygen atoms in total. The maximum Gasteiger partial charge on any atom is 0.266 e. The summed E-state index contributed by atoms with van der Waals surface area (Å²) in [5.41, 5.74) is 0.947. The van der Waals surface area contributed by atoms with E-state index in [4.69, 9.17) is 23.2 Å². The molecule has 0 atom stereocenters. The van der Waals surface area contributed by atoms with Gasteiger partial charge in [0.2, 0.25) is 5.16 Å². The summed E-state index contributed by atoms with van der Waals surface area (Å²) in [4.78, 5) is 21.3. The Morgan fingerprint density at radius 1 is 1.21 bits per heavy atom. The van der Waals surface area contributed by atoms with Crippen molar-refractivity contribution in [2.24, 2.45) is 0 Å². The van der Waals surface area contributed by atoms with Crippen molar-refractivity contribution < 1.29 is 0 Å². The first-order valence-corrected chi connectivity index (χ1v) is 8.83. The standard InChI is InChI=1S/C15H9Cl2N5OS/c1-24-15-19-14-18-7-9-11(22(14)20-15)4-5-21(13(9)23)12-3-2-8(16)6-10(12)17/h2-7H,1H3. The predicted octanol–water partition coefficient (Wildman–Crippen LogP) is 3.46. The molecule has 3 aromatic heterocycles. The molecule has 24 heavy (non-hydrogen) atoms. The van der Waals surface area contributed by atoms with Gasteiger partial charge in [-0.2, -0.15) is 9.50 Å². The van der Waals surface area contributed by atoms with Crippen LogP contribution in [0.15, 0.2) is 46.6 Å². The molecule has 0 N–H and O–H groups in total. The molecule has 0 radical (unpaired) electrons. The first-order valence-electron chi connectivity index (χ1n) is 6.85. The third kappa shape index (κ3) is 2.36. The van der Waals surface area contributed by atoms with Gasteiger partial charge in [0.05, 0.1) is 21.6 Å². The van der Waals surface area contributed by atoms with Crippen LogP contribution in [0.1, 0.15) is 0 Å². The fourth-order valence-electron chi connectivity index (χ4n) is 2.45. The molecule has 4 aromatic rings. The van der Waals surface area contributed by atoms with Gasteiger partial charge in [-0.1, -0.05) is 35.0 Å². The Hall–Kier alpha value is -2.09. The van der Waals surface area contributed by atoms with Crippen molar-refractivity contribution in [2.75, 3.05) is 6.26 Å². The number of aromatic nitrogens is 5. The number of pyridine rings is 1. The second-order valence-electron chi connectivity index (χ2n) is 4.95. The van der Waals surface area contributed by atoms with Gasteiger partial charge in [-0.05, 0) is 30.5 Å². The highest BCUT2D eigenvalue weighted by Crippen LogP contribution is 2.24. The van der Waals surface area contributed by atoms with Gasteiger partial charge >= 0.3 is 0 Å². The Morgan fingerprint density at radius 3 is 2.79 bits per heavy atom. The maximum atomic E-state index is 12.9. The number of halogens is 2.